The van der Waals surface area contributed by atoms with Gasteiger partial charge in [0.1, 0.15) is 11.5 Å². The Morgan fingerprint density at radius 1 is 0.362 bits per heavy atom. The third-order valence-electron chi connectivity index (χ3n) is 11.5. The van der Waals surface area contributed by atoms with Crippen LogP contribution in [0, 0.1) is 11.3 Å². The van der Waals surface area contributed by atoms with Crippen molar-refractivity contribution in [1.82, 2.24) is 15.0 Å². The Balaban J connectivity index is 1.11. The van der Waals surface area contributed by atoms with Gasteiger partial charge in [0.15, 0.2) is 17.5 Å². The fraction of sp³-hybridized carbons (Fsp3) is 0.0189. The Bertz CT molecular complexity index is 3010. The van der Waals surface area contributed by atoms with Crippen LogP contribution in [0.5, 0.6) is 11.5 Å². The molecule has 1 aromatic heterocycles. The predicted molar refractivity (Wildman–Crippen MR) is 229 cm³/mol. The van der Waals surface area contributed by atoms with Gasteiger partial charge in [-0.15, -0.1) is 0 Å². The van der Waals surface area contributed by atoms with Crippen LogP contribution in [0.4, 0.5) is 0 Å². The van der Waals surface area contributed by atoms with Gasteiger partial charge in [-0.2, -0.15) is 5.26 Å². The number of aromatic nitrogens is 3. The average molecular weight is 741 g/mol. The molecule has 2 aliphatic rings. The van der Waals surface area contributed by atoms with Crippen LogP contribution >= 0.6 is 0 Å². The first kappa shape index (κ1) is 33.4. The third-order valence-corrected chi connectivity index (χ3v) is 11.5. The molecular weight excluding hydrogens is 709 g/mol. The molecule has 0 bridgehead atoms. The standard InChI is InChI=1S/C53H32N4O/c54-33-40-18-7-8-21-41(40)38-27-29-43-42-28-26-37(31-46(42)53(47(43)32-38)44-22-9-11-24-48(44)58-49-25-12-10-23-45(49)53)36-19-13-20-39(30-36)52-56-50(34-14-3-1-4-15-34)55-51(57-52)35-16-5-2-6-17-35/h1-32H. The lowest BCUT2D eigenvalue weighted by molar-refractivity contribution is 0.436. The number of nitrogens with zero attached hydrogens (tertiary/aromatic N) is 4. The van der Waals surface area contributed by atoms with E-state index in [1.807, 2.05) is 97.1 Å². The predicted octanol–water partition coefficient (Wildman–Crippen LogP) is 12.5. The summed E-state index contributed by atoms with van der Waals surface area (Å²) in [6.45, 7) is 0. The van der Waals surface area contributed by atoms with E-state index in [1.165, 1.54) is 11.1 Å². The summed E-state index contributed by atoms with van der Waals surface area (Å²) in [5, 5.41) is 10.1. The molecule has 5 heteroatoms. The fourth-order valence-corrected chi connectivity index (χ4v) is 8.85. The highest BCUT2D eigenvalue weighted by Crippen LogP contribution is 2.62. The molecule has 58 heavy (non-hydrogen) atoms. The van der Waals surface area contributed by atoms with Crippen LogP contribution in [0.2, 0.25) is 0 Å². The highest BCUT2D eigenvalue weighted by Gasteiger charge is 2.51. The molecule has 0 atom stereocenters. The van der Waals surface area contributed by atoms with Gasteiger partial charge >= 0.3 is 0 Å². The van der Waals surface area contributed by atoms with E-state index in [0.29, 0.717) is 23.0 Å². The fourth-order valence-electron chi connectivity index (χ4n) is 8.85. The number of hydrogen-bond donors (Lipinski definition) is 0. The van der Waals surface area contributed by atoms with Crippen LogP contribution in [-0.4, -0.2) is 15.0 Å². The van der Waals surface area contributed by atoms with Crippen LogP contribution < -0.4 is 4.74 Å². The molecule has 270 valence electrons. The summed E-state index contributed by atoms with van der Waals surface area (Å²) < 4.78 is 6.65. The van der Waals surface area contributed by atoms with E-state index in [4.69, 9.17) is 19.7 Å². The summed E-state index contributed by atoms with van der Waals surface area (Å²) in [4.78, 5) is 15.0. The largest absolute Gasteiger partial charge is 0.457 e. The Kier molecular flexibility index (Phi) is 7.70. The summed E-state index contributed by atoms with van der Waals surface area (Å²) in [5.74, 6) is 3.51. The second-order valence-corrected chi connectivity index (χ2v) is 14.6. The molecule has 8 aromatic carbocycles. The zero-order chi connectivity index (χ0) is 38.6. The minimum atomic E-state index is -0.690. The smallest absolute Gasteiger partial charge is 0.164 e. The second-order valence-electron chi connectivity index (χ2n) is 14.6. The topological polar surface area (TPSA) is 71.7 Å². The first-order valence-corrected chi connectivity index (χ1v) is 19.3. The number of fused-ring (bicyclic) bond motifs is 9. The first-order valence-electron chi connectivity index (χ1n) is 19.3. The van der Waals surface area contributed by atoms with Gasteiger partial charge in [0.25, 0.3) is 0 Å². The highest BCUT2D eigenvalue weighted by molar-refractivity contribution is 5.92. The van der Waals surface area contributed by atoms with Gasteiger partial charge < -0.3 is 4.74 Å². The summed E-state index contributed by atoms with van der Waals surface area (Å²) in [7, 11) is 0. The van der Waals surface area contributed by atoms with E-state index in [-0.39, 0.29) is 0 Å². The molecule has 0 radical (unpaired) electrons. The van der Waals surface area contributed by atoms with E-state index >= 15 is 0 Å². The van der Waals surface area contributed by atoms with Gasteiger partial charge in [-0.1, -0.05) is 158 Å². The number of para-hydroxylation sites is 2. The third kappa shape index (κ3) is 5.20. The van der Waals surface area contributed by atoms with E-state index in [2.05, 4.69) is 103 Å². The number of nitriles is 1. The van der Waals surface area contributed by atoms with Crippen molar-refractivity contribution in [2.24, 2.45) is 0 Å². The Hall–Kier alpha value is -7.94. The molecule has 5 nitrogen and oxygen atoms in total. The summed E-state index contributed by atoms with van der Waals surface area (Å²) in [5.41, 5.74) is 13.6. The van der Waals surface area contributed by atoms with Gasteiger partial charge in [0, 0.05) is 27.8 Å². The SMILES string of the molecule is N#Cc1ccccc1-c1ccc2c(c1)C1(c3ccccc3Oc3ccccc31)c1cc(-c3cccc(-c4nc(-c5ccccc5)nc(-c5ccccc5)n4)c3)ccc1-2. The molecule has 11 rings (SSSR count). The van der Waals surface area contributed by atoms with Gasteiger partial charge in [-0.05, 0) is 80.9 Å². The molecule has 1 spiro atoms. The van der Waals surface area contributed by atoms with Crippen molar-refractivity contribution in [2.75, 3.05) is 0 Å². The molecule has 9 aromatic rings. The van der Waals surface area contributed by atoms with Crippen LogP contribution in [0.15, 0.2) is 194 Å². The van der Waals surface area contributed by atoms with Crippen molar-refractivity contribution in [2.45, 2.75) is 5.41 Å². The van der Waals surface area contributed by atoms with E-state index < -0.39 is 5.41 Å². The highest BCUT2D eigenvalue weighted by atomic mass is 16.5. The second kappa shape index (κ2) is 13.4. The van der Waals surface area contributed by atoms with E-state index in [9.17, 15) is 5.26 Å². The maximum absolute atomic E-state index is 10.1. The normalized spacial score (nSPS) is 12.7. The number of hydrogen-bond acceptors (Lipinski definition) is 5. The van der Waals surface area contributed by atoms with Crippen molar-refractivity contribution in [3.63, 3.8) is 0 Å². The molecular formula is C53H32N4O. The van der Waals surface area contributed by atoms with Crippen molar-refractivity contribution < 1.29 is 4.74 Å². The lowest BCUT2D eigenvalue weighted by Crippen LogP contribution is -2.32. The molecule has 1 aliphatic carbocycles. The van der Waals surface area contributed by atoms with E-state index in [1.54, 1.807) is 0 Å². The average Bonchev–Trinajstić information content (AvgIpc) is 3.58. The zero-order valence-electron chi connectivity index (χ0n) is 31.2. The maximum atomic E-state index is 10.1. The minimum absolute atomic E-state index is 0.608. The molecule has 0 N–H and O–H groups in total. The van der Waals surface area contributed by atoms with Gasteiger partial charge in [-0.25, -0.2) is 15.0 Å². The molecule has 0 amide bonds. The number of benzene rings is 8. The molecule has 2 heterocycles. The Morgan fingerprint density at radius 2 is 0.828 bits per heavy atom. The summed E-state index contributed by atoms with van der Waals surface area (Å²) in [6, 6.07) is 69.1. The van der Waals surface area contributed by atoms with Crippen LogP contribution in [0.25, 0.3) is 67.5 Å². The van der Waals surface area contributed by atoms with E-state index in [0.717, 1.165) is 72.7 Å². The molecule has 0 saturated heterocycles. The van der Waals surface area contributed by atoms with Gasteiger partial charge in [-0.3, -0.25) is 0 Å². The van der Waals surface area contributed by atoms with Crippen LogP contribution in [0.3, 0.4) is 0 Å². The van der Waals surface area contributed by atoms with Crippen LogP contribution in [0.1, 0.15) is 27.8 Å². The van der Waals surface area contributed by atoms with Crippen LogP contribution in [-0.2, 0) is 5.41 Å². The summed E-state index contributed by atoms with van der Waals surface area (Å²) >= 11 is 0. The molecule has 0 unspecified atom stereocenters. The maximum Gasteiger partial charge on any atom is 0.164 e. The first-order chi connectivity index (χ1) is 28.7. The number of rotatable bonds is 5. The summed E-state index contributed by atoms with van der Waals surface area (Å²) in [6.07, 6.45) is 0. The van der Waals surface area contributed by atoms with Crippen molar-refractivity contribution in [3.8, 4) is 85.1 Å². The molecule has 1 aliphatic heterocycles. The zero-order valence-corrected chi connectivity index (χ0v) is 31.2. The molecule has 0 fully saturated rings. The van der Waals surface area contributed by atoms with Gasteiger partial charge in [0.05, 0.1) is 17.0 Å². The lowest BCUT2D eigenvalue weighted by Gasteiger charge is -2.39. The lowest BCUT2D eigenvalue weighted by atomic mass is 9.65. The quantitative estimate of drug-likeness (QED) is 0.176. The van der Waals surface area contributed by atoms with Crippen molar-refractivity contribution >= 4 is 0 Å². The molecule has 0 saturated carbocycles. The Morgan fingerprint density at radius 3 is 1.45 bits per heavy atom. The Labute approximate surface area is 336 Å². The van der Waals surface area contributed by atoms with Crippen molar-refractivity contribution in [1.29, 1.82) is 5.26 Å². The van der Waals surface area contributed by atoms with Gasteiger partial charge in [0.2, 0.25) is 0 Å². The number of ether oxygens (including phenoxy) is 1. The monoisotopic (exact) mass is 740 g/mol. The minimum Gasteiger partial charge on any atom is -0.457 e. The van der Waals surface area contributed by atoms with Crippen molar-refractivity contribution in [3.05, 3.63) is 222 Å².